The summed E-state index contributed by atoms with van der Waals surface area (Å²) in [5.74, 6) is -6.53. The first-order valence-electron chi connectivity index (χ1n) is 7.38. The molecule has 0 aliphatic heterocycles. The zero-order chi connectivity index (χ0) is 21.3. The molecule has 0 saturated heterocycles. The van der Waals surface area contributed by atoms with Crippen molar-refractivity contribution in [1.29, 1.82) is 0 Å². The van der Waals surface area contributed by atoms with Crippen LogP contribution in [0.5, 0.6) is 6.01 Å². The number of hydrogen-bond donors (Lipinski definition) is 0. The molecule has 0 N–H and O–H groups in total. The van der Waals surface area contributed by atoms with Crippen LogP contribution in [0, 0.1) is 17.5 Å². The fourth-order valence-corrected chi connectivity index (χ4v) is 2.13. The molecule has 1 unspecified atom stereocenters. The van der Waals surface area contributed by atoms with Gasteiger partial charge in [0.1, 0.15) is 17.5 Å². The maximum absolute atomic E-state index is 13.8. The van der Waals surface area contributed by atoms with E-state index in [1.54, 1.807) is 0 Å². The summed E-state index contributed by atoms with van der Waals surface area (Å²) >= 11 is 0. The van der Waals surface area contributed by atoms with Crippen LogP contribution >= 0.6 is 0 Å². The maximum atomic E-state index is 13.8. The first-order chi connectivity index (χ1) is 13.6. The zero-order valence-electron chi connectivity index (χ0n) is 13.6. The molecule has 3 rings (SSSR count). The Labute approximate surface area is 155 Å². The largest absolute Gasteiger partial charge is 0.445 e. The Morgan fingerprint density at radius 3 is 2.00 bits per heavy atom. The number of hydrogen-bond acceptors (Lipinski definition) is 6. The van der Waals surface area contributed by atoms with Gasteiger partial charge in [0.15, 0.2) is 0 Å². The van der Waals surface area contributed by atoms with E-state index in [0.29, 0.717) is 0 Å². The van der Waals surface area contributed by atoms with Crippen LogP contribution in [0.4, 0.5) is 35.1 Å². The number of aromatic nitrogens is 4. The number of alkyl halides is 5. The van der Waals surface area contributed by atoms with Crippen LogP contribution in [0.3, 0.4) is 0 Å². The van der Waals surface area contributed by atoms with Crippen molar-refractivity contribution in [3.8, 4) is 17.5 Å². The van der Waals surface area contributed by atoms with E-state index in [-0.39, 0.29) is 17.7 Å². The standard InChI is InChI=1S/C15H6F8N4O2/c16-6-1-7(17)9(8(18)2-6)10(15(21,22)23)28-14-24-3-5(4-25-14)12-26-27-13(29-12)11(19)20/h1-4,10-11H. The molecule has 29 heavy (non-hydrogen) atoms. The molecule has 0 bridgehead atoms. The molecule has 2 heterocycles. The highest BCUT2D eigenvalue weighted by molar-refractivity contribution is 5.49. The average Bonchev–Trinajstić information content (AvgIpc) is 3.10. The van der Waals surface area contributed by atoms with Crippen molar-refractivity contribution < 1.29 is 44.3 Å². The molecule has 3 aromatic rings. The summed E-state index contributed by atoms with van der Waals surface area (Å²) in [4.78, 5) is 6.79. The molecule has 14 heteroatoms. The van der Waals surface area contributed by atoms with Gasteiger partial charge in [-0.1, -0.05) is 0 Å². The van der Waals surface area contributed by atoms with Gasteiger partial charge in [0, 0.05) is 24.5 Å². The Morgan fingerprint density at radius 1 is 0.931 bits per heavy atom. The van der Waals surface area contributed by atoms with Crippen LogP contribution in [-0.2, 0) is 0 Å². The summed E-state index contributed by atoms with van der Waals surface area (Å²) in [5.41, 5.74) is -1.73. The Hall–Kier alpha value is -3.32. The van der Waals surface area contributed by atoms with Crippen LogP contribution in [0.2, 0.25) is 0 Å². The summed E-state index contributed by atoms with van der Waals surface area (Å²) < 4.78 is 114. The molecule has 0 amide bonds. The lowest BCUT2D eigenvalue weighted by molar-refractivity contribution is -0.201. The Balaban J connectivity index is 1.89. The minimum Gasteiger partial charge on any atom is -0.445 e. The molecule has 6 nitrogen and oxygen atoms in total. The minimum absolute atomic E-state index is 0.0562. The number of halogens is 8. The van der Waals surface area contributed by atoms with E-state index >= 15 is 0 Å². The van der Waals surface area contributed by atoms with Crippen LogP contribution in [0.25, 0.3) is 11.5 Å². The first kappa shape index (κ1) is 20.4. The van der Waals surface area contributed by atoms with Gasteiger partial charge in [-0.15, -0.1) is 10.2 Å². The lowest BCUT2D eigenvalue weighted by Crippen LogP contribution is -2.28. The highest BCUT2D eigenvalue weighted by Crippen LogP contribution is 2.38. The van der Waals surface area contributed by atoms with Gasteiger partial charge in [0.25, 0.3) is 11.8 Å². The fourth-order valence-electron chi connectivity index (χ4n) is 2.13. The minimum atomic E-state index is -5.32. The average molecular weight is 426 g/mol. The van der Waals surface area contributed by atoms with E-state index in [0.717, 1.165) is 12.4 Å². The summed E-state index contributed by atoms with van der Waals surface area (Å²) in [6.45, 7) is 0. The highest BCUT2D eigenvalue weighted by atomic mass is 19.4. The van der Waals surface area contributed by atoms with Crippen LogP contribution < -0.4 is 4.74 Å². The molecule has 0 radical (unpaired) electrons. The Morgan fingerprint density at radius 2 is 1.52 bits per heavy atom. The number of rotatable bonds is 5. The maximum Gasteiger partial charge on any atom is 0.430 e. The first-order valence-corrected chi connectivity index (χ1v) is 7.38. The molecule has 2 aromatic heterocycles. The third-order valence-corrected chi connectivity index (χ3v) is 3.33. The lowest BCUT2D eigenvalue weighted by atomic mass is 10.1. The van der Waals surface area contributed by atoms with E-state index in [2.05, 4.69) is 29.3 Å². The Bertz CT molecular complexity index is 983. The molecule has 0 saturated carbocycles. The third kappa shape index (κ3) is 4.41. The third-order valence-electron chi connectivity index (χ3n) is 3.33. The summed E-state index contributed by atoms with van der Waals surface area (Å²) in [6.07, 6.45) is -9.96. The highest BCUT2D eigenvalue weighted by Gasteiger charge is 2.46. The van der Waals surface area contributed by atoms with Gasteiger partial charge >= 0.3 is 18.6 Å². The molecule has 154 valence electrons. The molecule has 1 aromatic carbocycles. The zero-order valence-corrected chi connectivity index (χ0v) is 13.6. The number of ether oxygens (including phenoxy) is 1. The smallest absolute Gasteiger partial charge is 0.430 e. The second kappa shape index (κ2) is 7.60. The van der Waals surface area contributed by atoms with E-state index in [9.17, 15) is 35.1 Å². The number of nitrogens with zero attached hydrogens (tertiary/aromatic N) is 4. The van der Waals surface area contributed by atoms with Gasteiger partial charge in [-0.25, -0.2) is 23.1 Å². The second-order valence-electron chi connectivity index (χ2n) is 5.32. The number of benzene rings is 1. The quantitative estimate of drug-likeness (QED) is 0.557. The normalized spacial score (nSPS) is 13.0. The molecular formula is C15H6F8N4O2. The van der Waals surface area contributed by atoms with Gasteiger partial charge in [-0.2, -0.15) is 22.0 Å². The van der Waals surface area contributed by atoms with Crippen LogP contribution in [-0.4, -0.2) is 26.3 Å². The predicted molar refractivity (Wildman–Crippen MR) is 76.0 cm³/mol. The summed E-state index contributed by atoms with van der Waals surface area (Å²) in [7, 11) is 0. The fraction of sp³-hybridized carbons (Fsp3) is 0.200. The van der Waals surface area contributed by atoms with E-state index < -0.39 is 59.5 Å². The van der Waals surface area contributed by atoms with Crippen LogP contribution in [0.1, 0.15) is 24.0 Å². The monoisotopic (exact) mass is 426 g/mol. The molecule has 0 aliphatic carbocycles. The topological polar surface area (TPSA) is 73.9 Å². The van der Waals surface area contributed by atoms with Crippen molar-refractivity contribution in [3.05, 3.63) is 53.4 Å². The van der Waals surface area contributed by atoms with Gasteiger partial charge in [-0.05, 0) is 0 Å². The van der Waals surface area contributed by atoms with Crippen molar-refractivity contribution in [3.63, 3.8) is 0 Å². The molecule has 0 spiro atoms. The van der Waals surface area contributed by atoms with E-state index in [1.165, 1.54) is 0 Å². The van der Waals surface area contributed by atoms with E-state index in [4.69, 9.17) is 0 Å². The van der Waals surface area contributed by atoms with Crippen LogP contribution in [0.15, 0.2) is 28.9 Å². The second-order valence-corrected chi connectivity index (χ2v) is 5.32. The van der Waals surface area contributed by atoms with E-state index in [1.807, 2.05) is 0 Å². The Kier molecular flexibility index (Phi) is 5.35. The van der Waals surface area contributed by atoms with Crippen molar-refractivity contribution in [1.82, 2.24) is 20.2 Å². The molecule has 0 fully saturated rings. The molecular weight excluding hydrogens is 420 g/mol. The molecule has 1 atom stereocenters. The van der Waals surface area contributed by atoms with Gasteiger partial charge in [0.05, 0.1) is 11.1 Å². The van der Waals surface area contributed by atoms with Crippen molar-refractivity contribution in [2.75, 3.05) is 0 Å². The lowest BCUT2D eigenvalue weighted by Gasteiger charge is -2.21. The molecule has 0 aliphatic rings. The van der Waals surface area contributed by atoms with Gasteiger partial charge < -0.3 is 9.15 Å². The van der Waals surface area contributed by atoms with Gasteiger partial charge in [-0.3, -0.25) is 0 Å². The van der Waals surface area contributed by atoms with Gasteiger partial charge in [0.2, 0.25) is 6.10 Å². The summed E-state index contributed by atoms with van der Waals surface area (Å²) in [5, 5.41) is 6.33. The SMILES string of the molecule is Fc1cc(F)c(C(Oc2ncc(-c3nnc(C(F)F)o3)cn2)C(F)(F)F)c(F)c1. The predicted octanol–water partition coefficient (Wildman–Crippen LogP) is 4.56. The summed E-state index contributed by atoms with van der Waals surface area (Å²) in [6, 6.07) is -0.853. The van der Waals surface area contributed by atoms with Crippen molar-refractivity contribution >= 4 is 0 Å². The van der Waals surface area contributed by atoms with Crippen molar-refractivity contribution in [2.24, 2.45) is 0 Å². The van der Waals surface area contributed by atoms with Crippen molar-refractivity contribution in [2.45, 2.75) is 18.7 Å².